The van der Waals surface area contributed by atoms with Crippen LogP contribution in [0, 0.1) is 17.1 Å². The van der Waals surface area contributed by atoms with Crippen molar-refractivity contribution in [3.05, 3.63) is 47.4 Å². The summed E-state index contributed by atoms with van der Waals surface area (Å²) in [6.07, 6.45) is -3.56. The molecule has 0 fully saturated rings. The Morgan fingerprint density at radius 1 is 1.24 bits per heavy atom. The van der Waals surface area contributed by atoms with E-state index in [9.17, 15) is 17.6 Å². The summed E-state index contributed by atoms with van der Waals surface area (Å²) in [6.45, 7) is 0. The summed E-state index contributed by atoms with van der Waals surface area (Å²) in [5.74, 6) is -1.34. The van der Waals surface area contributed by atoms with Gasteiger partial charge in [-0.1, -0.05) is 0 Å². The van der Waals surface area contributed by atoms with E-state index in [1.54, 1.807) is 0 Å². The van der Waals surface area contributed by atoms with Crippen molar-refractivity contribution in [3.8, 4) is 6.07 Å². The maximum absolute atomic E-state index is 13.2. The molecule has 4 nitrogen and oxygen atoms in total. The van der Waals surface area contributed by atoms with Crippen LogP contribution in [0.15, 0.2) is 30.5 Å². The Kier molecular flexibility index (Phi) is 3.67. The summed E-state index contributed by atoms with van der Waals surface area (Å²) < 4.78 is 51.0. The Morgan fingerprint density at radius 3 is 2.57 bits per heavy atom. The molecule has 0 bridgehead atoms. The summed E-state index contributed by atoms with van der Waals surface area (Å²) in [7, 11) is 0. The van der Waals surface area contributed by atoms with Crippen molar-refractivity contribution >= 4 is 17.2 Å². The molecule has 0 spiro atoms. The average molecular weight is 296 g/mol. The quantitative estimate of drug-likeness (QED) is 0.832. The van der Waals surface area contributed by atoms with E-state index in [0.29, 0.717) is 12.1 Å². The molecule has 0 saturated heterocycles. The third kappa shape index (κ3) is 3.20. The highest BCUT2D eigenvalue weighted by atomic mass is 19.4. The molecule has 0 aliphatic heterocycles. The lowest BCUT2D eigenvalue weighted by Crippen LogP contribution is -2.09. The van der Waals surface area contributed by atoms with E-state index in [-0.39, 0.29) is 22.8 Å². The van der Waals surface area contributed by atoms with Gasteiger partial charge in [0.15, 0.2) is 0 Å². The standard InChI is InChI=1S/C13H8F4N4/c14-11-2-1-9(4-10(11)13(15,16)17)21-12-7(5-18)3-8(19)6-20-12/h1-4,6H,19H2,(H,20,21). The first-order chi connectivity index (χ1) is 9.81. The molecule has 0 unspecified atom stereocenters. The zero-order chi connectivity index (χ0) is 15.6. The van der Waals surface area contributed by atoms with Gasteiger partial charge in [0.05, 0.1) is 23.0 Å². The van der Waals surface area contributed by atoms with Crippen molar-refractivity contribution in [1.82, 2.24) is 4.98 Å². The molecule has 1 aromatic heterocycles. The molecule has 0 aliphatic rings. The van der Waals surface area contributed by atoms with Crippen LogP contribution >= 0.6 is 0 Å². The fraction of sp³-hybridized carbons (Fsp3) is 0.0769. The lowest BCUT2D eigenvalue weighted by Gasteiger charge is -2.12. The molecule has 0 atom stereocenters. The number of hydrogen-bond acceptors (Lipinski definition) is 4. The average Bonchev–Trinajstić information content (AvgIpc) is 2.41. The summed E-state index contributed by atoms with van der Waals surface area (Å²) in [5, 5.41) is 11.5. The van der Waals surface area contributed by atoms with E-state index in [4.69, 9.17) is 11.0 Å². The minimum absolute atomic E-state index is 0.0337. The number of nitrogens with zero attached hydrogens (tertiary/aromatic N) is 2. The minimum atomic E-state index is -4.81. The molecule has 21 heavy (non-hydrogen) atoms. The van der Waals surface area contributed by atoms with Gasteiger partial charge in [-0.25, -0.2) is 9.37 Å². The molecule has 2 rings (SSSR count). The monoisotopic (exact) mass is 296 g/mol. The largest absolute Gasteiger partial charge is 0.419 e. The van der Waals surface area contributed by atoms with Crippen molar-refractivity contribution in [2.45, 2.75) is 6.18 Å². The third-order valence-corrected chi connectivity index (χ3v) is 2.56. The number of nitrogens with two attached hydrogens (primary N) is 1. The highest BCUT2D eigenvalue weighted by molar-refractivity contribution is 5.65. The van der Waals surface area contributed by atoms with E-state index < -0.39 is 17.6 Å². The van der Waals surface area contributed by atoms with Crippen LogP contribution in [0.5, 0.6) is 0 Å². The van der Waals surface area contributed by atoms with Gasteiger partial charge in [0.2, 0.25) is 0 Å². The van der Waals surface area contributed by atoms with Crippen LogP contribution in [-0.4, -0.2) is 4.98 Å². The molecule has 2 aromatic rings. The van der Waals surface area contributed by atoms with Gasteiger partial charge in [0.25, 0.3) is 0 Å². The lowest BCUT2D eigenvalue weighted by atomic mass is 10.1. The number of alkyl halides is 3. The number of nitrogens with one attached hydrogen (secondary N) is 1. The number of nitrogen functional groups attached to an aromatic ring is 1. The van der Waals surface area contributed by atoms with E-state index in [1.807, 2.05) is 6.07 Å². The first-order valence-electron chi connectivity index (χ1n) is 5.60. The fourth-order valence-electron chi connectivity index (χ4n) is 1.62. The third-order valence-electron chi connectivity index (χ3n) is 2.56. The van der Waals surface area contributed by atoms with Gasteiger partial charge in [-0.05, 0) is 24.3 Å². The van der Waals surface area contributed by atoms with Gasteiger partial charge < -0.3 is 11.1 Å². The Morgan fingerprint density at radius 2 is 1.95 bits per heavy atom. The minimum Gasteiger partial charge on any atom is -0.397 e. The fourth-order valence-corrected chi connectivity index (χ4v) is 1.62. The van der Waals surface area contributed by atoms with Crippen molar-refractivity contribution < 1.29 is 17.6 Å². The van der Waals surface area contributed by atoms with Crippen LogP contribution in [0.2, 0.25) is 0 Å². The van der Waals surface area contributed by atoms with Gasteiger partial charge >= 0.3 is 6.18 Å². The van der Waals surface area contributed by atoms with Gasteiger partial charge in [-0.15, -0.1) is 0 Å². The normalized spacial score (nSPS) is 11.0. The van der Waals surface area contributed by atoms with E-state index in [2.05, 4.69) is 10.3 Å². The molecule has 0 amide bonds. The van der Waals surface area contributed by atoms with Crippen molar-refractivity contribution in [2.24, 2.45) is 0 Å². The zero-order valence-electron chi connectivity index (χ0n) is 10.4. The first kappa shape index (κ1) is 14.6. The Bertz CT molecular complexity index is 719. The predicted molar refractivity (Wildman–Crippen MR) is 68.0 cm³/mol. The lowest BCUT2D eigenvalue weighted by molar-refractivity contribution is -0.139. The Hall–Kier alpha value is -2.82. The van der Waals surface area contributed by atoms with Crippen molar-refractivity contribution in [1.29, 1.82) is 5.26 Å². The van der Waals surface area contributed by atoms with Crippen LogP contribution in [0.3, 0.4) is 0 Å². The number of pyridine rings is 1. The van der Waals surface area contributed by atoms with Gasteiger partial charge in [-0.3, -0.25) is 0 Å². The Labute approximate surface area is 116 Å². The first-order valence-corrected chi connectivity index (χ1v) is 5.60. The smallest absolute Gasteiger partial charge is 0.397 e. The maximum Gasteiger partial charge on any atom is 0.419 e. The van der Waals surface area contributed by atoms with E-state index >= 15 is 0 Å². The number of anilines is 3. The molecule has 0 radical (unpaired) electrons. The predicted octanol–water partition coefficient (Wildman–Crippen LogP) is 3.44. The number of nitriles is 1. The summed E-state index contributed by atoms with van der Waals surface area (Å²) >= 11 is 0. The zero-order valence-corrected chi connectivity index (χ0v) is 10.4. The van der Waals surface area contributed by atoms with Gasteiger partial charge in [-0.2, -0.15) is 18.4 Å². The van der Waals surface area contributed by atoms with Crippen LogP contribution in [0.1, 0.15) is 11.1 Å². The number of halogens is 4. The van der Waals surface area contributed by atoms with Crippen molar-refractivity contribution in [3.63, 3.8) is 0 Å². The highest BCUT2D eigenvalue weighted by Crippen LogP contribution is 2.33. The van der Waals surface area contributed by atoms with Crippen molar-refractivity contribution in [2.75, 3.05) is 11.1 Å². The second-order valence-electron chi connectivity index (χ2n) is 4.09. The summed E-state index contributed by atoms with van der Waals surface area (Å²) in [5.41, 5.74) is 4.32. The van der Waals surface area contributed by atoms with Crippen LogP contribution in [-0.2, 0) is 6.18 Å². The number of hydrogen-bond donors (Lipinski definition) is 2. The van der Waals surface area contributed by atoms with E-state index in [0.717, 1.165) is 6.07 Å². The SMILES string of the molecule is N#Cc1cc(N)cnc1Nc1ccc(F)c(C(F)(F)F)c1. The van der Waals surface area contributed by atoms with Crippen LogP contribution in [0.25, 0.3) is 0 Å². The number of aromatic nitrogens is 1. The number of benzene rings is 1. The molecule has 1 heterocycles. The molecular formula is C13H8F4N4. The topological polar surface area (TPSA) is 74.7 Å². The van der Waals surface area contributed by atoms with Crippen LogP contribution in [0.4, 0.5) is 34.8 Å². The molecule has 1 aromatic carbocycles. The molecule has 108 valence electrons. The molecule has 0 saturated carbocycles. The second kappa shape index (κ2) is 5.28. The molecule has 3 N–H and O–H groups in total. The van der Waals surface area contributed by atoms with E-state index in [1.165, 1.54) is 12.3 Å². The molecular weight excluding hydrogens is 288 g/mol. The maximum atomic E-state index is 13.2. The summed E-state index contributed by atoms with van der Waals surface area (Å²) in [6, 6.07) is 5.54. The van der Waals surface area contributed by atoms with Gasteiger partial charge in [0, 0.05) is 5.69 Å². The molecule has 8 heteroatoms. The second-order valence-corrected chi connectivity index (χ2v) is 4.09. The summed E-state index contributed by atoms with van der Waals surface area (Å²) in [4.78, 5) is 3.83. The van der Waals surface area contributed by atoms with Gasteiger partial charge in [0.1, 0.15) is 17.7 Å². The van der Waals surface area contributed by atoms with Crippen LogP contribution < -0.4 is 11.1 Å². The Balaban J connectivity index is 2.40. The number of rotatable bonds is 2. The molecule has 0 aliphatic carbocycles. The highest BCUT2D eigenvalue weighted by Gasteiger charge is 2.34.